The van der Waals surface area contributed by atoms with E-state index in [-0.39, 0.29) is 11.9 Å². The molecule has 6 nitrogen and oxygen atoms in total. The van der Waals surface area contributed by atoms with Crippen molar-refractivity contribution in [3.63, 3.8) is 0 Å². The Morgan fingerprint density at radius 2 is 1.80 bits per heavy atom. The van der Waals surface area contributed by atoms with E-state index in [0.29, 0.717) is 5.76 Å². The van der Waals surface area contributed by atoms with Crippen molar-refractivity contribution in [1.82, 2.24) is 14.8 Å². The first-order chi connectivity index (χ1) is 17.1. The van der Waals surface area contributed by atoms with Crippen LogP contribution in [0.1, 0.15) is 43.9 Å². The number of amides is 1. The molecule has 0 aliphatic carbocycles. The smallest absolute Gasteiger partial charge is 0.291 e. The highest BCUT2D eigenvalue weighted by molar-refractivity contribution is 7.16. The predicted octanol–water partition coefficient (Wildman–Crippen LogP) is 5.51. The number of aromatic nitrogens is 1. The van der Waals surface area contributed by atoms with Crippen LogP contribution in [0.2, 0.25) is 0 Å². The van der Waals surface area contributed by atoms with Crippen LogP contribution >= 0.6 is 11.3 Å². The molecular formula is C28H30N4O2S. The fourth-order valence-corrected chi connectivity index (χ4v) is 5.80. The number of benzene rings is 1. The van der Waals surface area contributed by atoms with Gasteiger partial charge in [0.15, 0.2) is 5.76 Å². The number of piperazine rings is 1. The molecule has 1 aromatic carbocycles. The van der Waals surface area contributed by atoms with Crippen molar-refractivity contribution in [2.45, 2.75) is 26.4 Å². The highest BCUT2D eigenvalue weighted by atomic mass is 32.1. The number of hydrogen-bond acceptors (Lipinski definition) is 6. The molecule has 1 saturated heterocycles. The van der Waals surface area contributed by atoms with Crippen molar-refractivity contribution in [3.05, 3.63) is 106 Å². The lowest BCUT2D eigenvalue weighted by atomic mass is 9.97. The van der Waals surface area contributed by atoms with E-state index in [0.717, 1.165) is 49.0 Å². The van der Waals surface area contributed by atoms with E-state index in [2.05, 4.69) is 65.4 Å². The van der Waals surface area contributed by atoms with Crippen LogP contribution in [0, 0.1) is 13.8 Å². The maximum absolute atomic E-state index is 12.9. The maximum atomic E-state index is 12.9. The van der Waals surface area contributed by atoms with E-state index in [4.69, 9.17) is 9.40 Å². The Kier molecular flexibility index (Phi) is 7.08. The zero-order valence-corrected chi connectivity index (χ0v) is 20.9. The number of carbonyl (C=O) groups excluding carboxylic acids is 1. The number of aryl methyl sites for hydroxylation is 1. The Bertz CT molecular complexity index is 1250. The highest BCUT2D eigenvalue weighted by Gasteiger charge is 2.32. The van der Waals surface area contributed by atoms with E-state index in [1.165, 1.54) is 22.3 Å². The van der Waals surface area contributed by atoms with Crippen molar-refractivity contribution < 1.29 is 9.21 Å². The third kappa shape index (κ3) is 5.22. The van der Waals surface area contributed by atoms with Gasteiger partial charge in [-0.3, -0.25) is 19.6 Å². The fraction of sp³-hybridized carbons (Fsp3) is 0.286. The van der Waals surface area contributed by atoms with Crippen LogP contribution in [-0.4, -0.2) is 46.9 Å². The second-order valence-electron chi connectivity index (χ2n) is 8.91. The fourth-order valence-electron chi connectivity index (χ4n) is 4.72. The van der Waals surface area contributed by atoms with Gasteiger partial charge in [0.25, 0.3) is 5.91 Å². The second-order valence-corrected chi connectivity index (χ2v) is 10.1. The lowest BCUT2D eigenvalue weighted by Gasteiger charge is -2.39. The minimum absolute atomic E-state index is 0.0353. The van der Waals surface area contributed by atoms with Gasteiger partial charge in [0.1, 0.15) is 5.00 Å². The minimum atomic E-state index is -0.232. The summed E-state index contributed by atoms with van der Waals surface area (Å²) in [7, 11) is 0. The second kappa shape index (κ2) is 10.6. The number of anilines is 1. The Morgan fingerprint density at radius 1 is 1.03 bits per heavy atom. The average molecular weight is 487 g/mol. The van der Waals surface area contributed by atoms with Gasteiger partial charge in [-0.1, -0.05) is 36.4 Å². The Labute approximate surface area is 210 Å². The van der Waals surface area contributed by atoms with Crippen LogP contribution in [0.3, 0.4) is 0 Å². The van der Waals surface area contributed by atoms with Gasteiger partial charge in [-0.05, 0) is 49.2 Å². The summed E-state index contributed by atoms with van der Waals surface area (Å²) in [6, 6.07) is 20.1. The van der Waals surface area contributed by atoms with E-state index in [1.807, 2.05) is 18.3 Å². The van der Waals surface area contributed by atoms with E-state index < -0.39 is 0 Å². The van der Waals surface area contributed by atoms with E-state index >= 15 is 0 Å². The summed E-state index contributed by atoms with van der Waals surface area (Å²) in [5.74, 6) is 0.0773. The standard InChI is InChI=1S/C28H30N4O2S/c1-20-21(2)35-28(30-27(33)24-12-8-18-34-24)25(20)26(23-11-6-7-13-29-23)32-16-14-31(15-17-32)19-22-9-4-3-5-10-22/h3-13,18,26H,14-17,19H2,1-2H3,(H,30,33)/t26-/m0/s1. The van der Waals surface area contributed by atoms with Crippen LogP contribution < -0.4 is 5.32 Å². The van der Waals surface area contributed by atoms with E-state index in [1.54, 1.807) is 23.5 Å². The summed E-state index contributed by atoms with van der Waals surface area (Å²) in [4.78, 5) is 23.8. The Morgan fingerprint density at radius 3 is 2.49 bits per heavy atom. The Hall–Kier alpha value is -3.26. The Balaban J connectivity index is 1.42. The molecule has 1 atom stereocenters. The normalized spacial score (nSPS) is 15.7. The van der Waals surface area contributed by atoms with Crippen LogP contribution in [0.5, 0.6) is 0 Å². The molecule has 3 aromatic heterocycles. The van der Waals surface area contributed by atoms with Crippen molar-refractivity contribution in [2.24, 2.45) is 0 Å². The number of furan rings is 1. The molecule has 0 saturated carbocycles. The first-order valence-corrected chi connectivity index (χ1v) is 12.8. The lowest BCUT2D eigenvalue weighted by Crippen LogP contribution is -2.47. The van der Waals surface area contributed by atoms with Gasteiger partial charge in [-0.2, -0.15) is 0 Å². The molecule has 0 unspecified atom stereocenters. The summed E-state index contributed by atoms with van der Waals surface area (Å²) in [6.45, 7) is 9.03. The van der Waals surface area contributed by atoms with Crippen molar-refractivity contribution in [1.29, 1.82) is 0 Å². The molecule has 1 aliphatic rings. The molecule has 5 rings (SSSR count). The first kappa shape index (κ1) is 23.5. The molecule has 7 heteroatoms. The summed E-state index contributed by atoms with van der Waals surface area (Å²) < 4.78 is 5.33. The molecular weight excluding hydrogens is 456 g/mol. The number of hydrogen-bond donors (Lipinski definition) is 1. The maximum Gasteiger partial charge on any atom is 0.291 e. The van der Waals surface area contributed by atoms with Gasteiger partial charge in [0.05, 0.1) is 18.0 Å². The zero-order chi connectivity index (χ0) is 24.2. The number of rotatable bonds is 7. The summed E-state index contributed by atoms with van der Waals surface area (Å²) in [6.07, 6.45) is 3.37. The monoisotopic (exact) mass is 486 g/mol. The third-order valence-electron chi connectivity index (χ3n) is 6.67. The number of nitrogens with zero attached hydrogens (tertiary/aromatic N) is 3. The first-order valence-electron chi connectivity index (χ1n) is 12.0. The number of carbonyl (C=O) groups is 1. The molecule has 1 fully saturated rings. The van der Waals surface area contributed by atoms with Crippen LogP contribution in [-0.2, 0) is 6.54 Å². The SMILES string of the molecule is Cc1sc(NC(=O)c2ccco2)c([C@H](c2ccccn2)N2CCN(Cc3ccccc3)CC2)c1C. The van der Waals surface area contributed by atoms with Crippen LogP contribution in [0.15, 0.2) is 77.5 Å². The lowest BCUT2D eigenvalue weighted by molar-refractivity contribution is 0.0993. The predicted molar refractivity (Wildman–Crippen MR) is 140 cm³/mol. The molecule has 0 radical (unpaired) electrons. The van der Waals surface area contributed by atoms with Gasteiger partial charge < -0.3 is 9.73 Å². The molecule has 1 amide bonds. The van der Waals surface area contributed by atoms with Gasteiger partial charge in [0, 0.05) is 49.4 Å². The third-order valence-corrected chi connectivity index (χ3v) is 7.80. The molecule has 0 spiro atoms. The van der Waals surface area contributed by atoms with Crippen molar-refractivity contribution in [2.75, 3.05) is 31.5 Å². The molecule has 1 N–H and O–H groups in total. The molecule has 0 bridgehead atoms. The minimum Gasteiger partial charge on any atom is -0.459 e. The van der Waals surface area contributed by atoms with Crippen LogP contribution in [0.4, 0.5) is 5.00 Å². The van der Waals surface area contributed by atoms with E-state index in [9.17, 15) is 4.79 Å². The molecule has 180 valence electrons. The number of pyridine rings is 1. The average Bonchev–Trinajstić information content (AvgIpc) is 3.52. The quantitative estimate of drug-likeness (QED) is 0.373. The summed E-state index contributed by atoms with van der Waals surface area (Å²) >= 11 is 1.62. The van der Waals surface area contributed by atoms with Gasteiger partial charge in [-0.15, -0.1) is 11.3 Å². The molecule has 4 aromatic rings. The van der Waals surface area contributed by atoms with Crippen LogP contribution in [0.25, 0.3) is 0 Å². The van der Waals surface area contributed by atoms with Gasteiger partial charge >= 0.3 is 0 Å². The summed E-state index contributed by atoms with van der Waals surface area (Å²) in [5, 5.41) is 3.99. The highest BCUT2D eigenvalue weighted by Crippen LogP contribution is 2.42. The van der Waals surface area contributed by atoms with Gasteiger partial charge in [0.2, 0.25) is 0 Å². The topological polar surface area (TPSA) is 61.6 Å². The molecule has 35 heavy (non-hydrogen) atoms. The number of nitrogens with one attached hydrogen (secondary N) is 1. The van der Waals surface area contributed by atoms with Gasteiger partial charge in [-0.25, -0.2) is 0 Å². The summed E-state index contributed by atoms with van der Waals surface area (Å²) in [5.41, 5.74) is 4.67. The molecule has 4 heterocycles. The largest absolute Gasteiger partial charge is 0.459 e. The zero-order valence-electron chi connectivity index (χ0n) is 20.1. The molecule has 1 aliphatic heterocycles. The van der Waals surface area contributed by atoms with Crippen molar-refractivity contribution >= 4 is 22.2 Å². The number of thiophene rings is 1. The van der Waals surface area contributed by atoms with Crippen molar-refractivity contribution in [3.8, 4) is 0 Å².